The van der Waals surface area contributed by atoms with E-state index in [2.05, 4.69) is 30.4 Å². The number of benzene rings is 2. The molecule has 2 heterocycles. The van der Waals surface area contributed by atoms with Gasteiger partial charge in [0.05, 0.1) is 0 Å². The number of nitrogens with one attached hydrogen (secondary N) is 2. The van der Waals surface area contributed by atoms with Crippen molar-refractivity contribution in [1.82, 2.24) is 30.4 Å². The number of aliphatic hydroxyl groups is 2. The molecule has 12 heteroatoms. The number of aldehydes is 1. The van der Waals surface area contributed by atoms with Crippen molar-refractivity contribution in [3.8, 4) is 0 Å². The molecule has 0 bridgehead atoms. The van der Waals surface area contributed by atoms with Crippen LogP contribution < -0.4 is 5.73 Å². The molecule has 4 rings (SSSR count). The summed E-state index contributed by atoms with van der Waals surface area (Å²) in [6.45, 7) is -1.15. The maximum absolute atomic E-state index is 11.1. The summed E-state index contributed by atoms with van der Waals surface area (Å²) in [4.78, 5) is 39.2. The van der Waals surface area contributed by atoms with Crippen molar-refractivity contribution in [3.05, 3.63) is 89.3 Å². The summed E-state index contributed by atoms with van der Waals surface area (Å²) in [5.74, 6) is -0.297. The number of aryl methyl sites for hydroxylation is 2. The molecule has 0 aliphatic carbocycles. The highest BCUT2D eigenvalue weighted by molar-refractivity contribution is 5.93. The molecule has 0 aliphatic heterocycles. The smallest absolute Gasteiger partial charge is 0.239 e. The van der Waals surface area contributed by atoms with Crippen molar-refractivity contribution in [2.75, 3.05) is 18.9 Å². The summed E-state index contributed by atoms with van der Waals surface area (Å²) >= 11 is 0. The van der Waals surface area contributed by atoms with Gasteiger partial charge in [0.1, 0.15) is 25.3 Å². The number of aromatic amines is 2. The average molecular weight is 512 g/mol. The van der Waals surface area contributed by atoms with Crippen LogP contribution in [0.3, 0.4) is 0 Å². The molecule has 0 spiro atoms. The average Bonchev–Trinajstić information content (AvgIpc) is 3.57. The lowest BCUT2D eigenvalue weighted by Gasteiger charge is -1.97. The van der Waals surface area contributed by atoms with Crippen LogP contribution in [0.15, 0.2) is 60.7 Å². The zero-order valence-electron chi connectivity index (χ0n) is 18.7. The molecule has 2 aromatic heterocycles. The number of nitrogen functional groups attached to an aromatic ring is 1. The van der Waals surface area contributed by atoms with E-state index in [1.165, 1.54) is 5.56 Å². The van der Waals surface area contributed by atoms with Crippen LogP contribution in [0.4, 0.5) is 5.95 Å². The fourth-order valence-electron chi connectivity index (χ4n) is 2.52. The Kier molecular flexibility index (Phi) is 15.6. The largest absolute Gasteiger partial charge is 0.388 e. The number of hydrogen-bond acceptors (Lipinski definition) is 10. The SMILES string of the molecule is C.C.Nc1n[nH]c(C(=O)CO)n1.O=C(CO)c1n[nH]c(CCc2ccccc2)n1.O=Cc1ccccc1. The molecule has 0 aliphatic rings. The van der Waals surface area contributed by atoms with E-state index in [1.807, 2.05) is 48.5 Å². The molecule has 6 N–H and O–H groups in total. The van der Waals surface area contributed by atoms with Crippen LogP contribution in [0.25, 0.3) is 0 Å². The fourth-order valence-corrected chi connectivity index (χ4v) is 2.52. The summed E-state index contributed by atoms with van der Waals surface area (Å²) in [5, 5.41) is 29.1. The van der Waals surface area contributed by atoms with Crippen molar-refractivity contribution in [2.24, 2.45) is 0 Å². The molecule has 0 saturated heterocycles. The third kappa shape index (κ3) is 11.6. The quantitative estimate of drug-likeness (QED) is 0.172. The summed E-state index contributed by atoms with van der Waals surface area (Å²) in [6, 6.07) is 19.1. The Hall–Kier alpha value is -4.55. The highest BCUT2D eigenvalue weighted by Crippen LogP contribution is 2.04. The van der Waals surface area contributed by atoms with Gasteiger partial charge < -0.3 is 15.9 Å². The van der Waals surface area contributed by atoms with Crippen LogP contribution in [0.2, 0.25) is 0 Å². The fraction of sp³-hybridized carbons (Fsp3) is 0.240. The van der Waals surface area contributed by atoms with Crippen LogP contribution in [0, 0.1) is 0 Å². The molecule has 0 fully saturated rings. The molecule has 198 valence electrons. The van der Waals surface area contributed by atoms with Crippen LogP contribution in [-0.2, 0) is 12.8 Å². The predicted octanol–water partition coefficient (Wildman–Crippen LogP) is 2.10. The standard InChI is InChI=1S/C12H13N3O2.C7H6O.C4H6N4O2.2CH4/c16-8-10(17)12-13-11(14-15-12)7-6-9-4-2-1-3-5-9;8-6-7-4-2-1-3-5-7;5-4-6-3(7-8-4)2(10)1-9;;/h1-5,16H,6-8H2,(H,13,14,15);1-6H;9H,1H2,(H3,5,6,7,8);2*1H4. The monoisotopic (exact) mass is 511 g/mol. The second-order valence-corrected chi connectivity index (χ2v) is 6.82. The molecule has 2 aromatic carbocycles. The van der Waals surface area contributed by atoms with Crippen molar-refractivity contribution in [2.45, 2.75) is 27.7 Å². The molecule has 4 aromatic rings. The number of carbonyl (C=O) groups is 3. The van der Waals surface area contributed by atoms with Crippen molar-refractivity contribution >= 4 is 23.8 Å². The minimum Gasteiger partial charge on any atom is -0.388 e. The zero-order valence-corrected chi connectivity index (χ0v) is 18.7. The van der Waals surface area contributed by atoms with Crippen molar-refractivity contribution in [1.29, 1.82) is 0 Å². The van der Waals surface area contributed by atoms with Crippen molar-refractivity contribution < 1.29 is 24.6 Å². The lowest BCUT2D eigenvalue weighted by Crippen LogP contribution is -2.06. The summed E-state index contributed by atoms with van der Waals surface area (Å²) in [6.07, 6.45) is 2.36. The number of aliphatic hydroxyl groups excluding tert-OH is 2. The molecule has 0 atom stereocenters. The Balaban J connectivity index is 0.000000557. The Labute approximate surface area is 215 Å². The minimum absolute atomic E-state index is 0. The lowest BCUT2D eigenvalue weighted by atomic mass is 10.1. The number of H-pyrrole nitrogens is 2. The van der Waals surface area contributed by atoms with Crippen LogP contribution in [0.1, 0.15) is 57.8 Å². The highest BCUT2D eigenvalue weighted by atomic mass is 16.3. The lowest BCUT2D eigenvalue weighted by molar-refractivity contribution is 0.0888. The number of nitrogens with two attached hydrogens (primary N) is 1. The minimum atomic E-state index is -0.589. The van der Waals surface area contributed by atoms with E-state index < -0.39 is 24.8 Å². The molecule has 0 radical (unpaired) electrons. The number of carbonyl (C=O) groups excluding carboxylic acids is 3. The third-order valence-electron chi connectivity index (χ3n) is 4.26. The van der Waals surface area contributed by atoms with Gasteiger partial charge in [0, 0.05) is 12.0 Å². The Morgan fingerprint density at radius 2 is 1.41 bits per heavy atom. The van der Waals surface area contributed by atoms with Crippen LogP contribution >= 0.6 is 0 Å². The Morgan fingerprint density at radius 1 is 0.811 bits per heavy atom. The van der Waals surface area contributed by atoms with E-state index in [0.29, 0.717) is 12.2 Å². The number of Topliss-reactive ketones (excluding diaryl/α,β-unsaturated/α-hetero) is 2. The number of anilines is 1. The second-order valence-electron chi connectivity index (χ2n) is 6.82. The molecular formula is C25H33N7O5. The molecular weight excluding hydrogens is 478 g/mol. The second kappa shape index (κ2) is 17.8. The third-order valence-corrected chi connectivity index (χ3v) is 4.26. The highest BCUT2D eigenvalue weighted by Gasteiger charge is 2.10. The zero-order chi connectivity index (χ0) is 25.5. The van der Waals surface area contributed by atoms with Gasteiger partial charge in [-0.1, -0.05) is 75.5 Å². The first-order chi connectivity index (χ1) is 17.0. The summed E-state index contributed by atoms with van der Waals surface area (Å²) in [5.41, 5.74) is 7.02. The molecule has 0 amide bonds. The summed E-state index contributed by atoms with van der Waals surface area (Å²) in [7, 11) is 0. The number of rotatable bonds is 8. The topological polar surface area (TPSA) is 201 Å². The number of aromatic nitrogens is 6. The molecule has 12 nitrogen and oxygen atoms in total. The first kappa shape index (κ1) is 32.5. The van der Waals surface area contributed by atoms with E-state index in [9.17, 15) is 14.4 Å². The van der Waals surface area contributed by atoms with E-state index in [1.54, 1.807) is 12.1 Å². The number of ketones is 2. The molecule has 37 heavy (non-hydrogen) atoms. The van der Waals surface area contributed by atoms with E-state index in [4.69, 9.17) is 15.9 Å². The molecule has 0 saturated carbocycles. The Morgan fingerprint density at radius 3 is 1.89 bits per heavy atom. The maximum atomic E-state index is 11.1. The first-order valence-corrected chi connectivity index (χ1v) is 10.4. The van der Waals surface area contributed by atoms with Gasteiger partial charge in [-0.2, -0.15) is 10.1 Å². The van der Waals surface area contributed by atoms with Crippen LogP contribution in [-0.4, -0.2) is 71.6 Å². The van der Waals surface area contributed by atoms with Gasteiger partial charge in [-0.3, -0.25) is 24.6 Å². The summed E-state index contributed by atoms with van der Waals surface area (Å²) < 4.78 is 0. The van der Waals surface area contributed by atoms with E-state index in [0.717, 1.165) is 18.3 Å². The van der Waals surface area contributed by atoms with E-state index in [-0.39, 0.29) is 32.5 Å². The van der Waals surface area contributed by atoms with E-state index >= 15 is 0 Å². The number of hydrogen-bond donors (Lipinski definition) is 5. The van der Waals surface area contributed by atoms with Gasteiger partial charge in [-0.05, 0) is 12.0 Å². The Bertz CT molecular complexity index is 1190. The first-order valence-electron chi connectivity index (χ1n) is 10.4. The maximum Gasteiger partial charge on any atom is 0.239 e. The van der Waals surface area contributed by atoms with Crippen molar-refractivity contribution in [3.63, 3.8) is 0 Å². The van der Waals surface area contributed by atoms with Gasteiger partial charge in [0.2, 0.25) is 23.3 Å². The van der Waals surface area contributed by atoms with Gasteiger partial charge >= 0.3 is 0 Å². The number of nitrogens with zero attached hydrogens (tertiary/aromatic N) is 4. The predicted molar refractivity (Wildman–Crippen MR) is 139 cm³/mol. The van der Waals surface area contributed by atoms with Gasteiger partial charge in [-0.15, -0.1) is 5.10 Å². The van der Waals surface area contributed by atoms with Crippen LogP contribution in [0.5, 0.6) is 0 Å². The van der Waals surface area contributed by atoms with Gasteiger partial charge in [-0.25, -0.2) is 4.98 Å². The van der Waals surface area contributed by atoms with Gasteiger partial charge in [0.15, 0.2) is 5.82 Å². The van der Waals surface area contributed by atoms with Gasteiger partial charge in [0.25, 0.3) is 0 Å². The molecule has 0 unspecified atom stereocenters. The normalized spacial score (nSPS) is 9.24.